The van der Waals surface area contributed by atoms with Gasteiger partial charge in [-0.2, -0.15) is 4.31 Å². The predicted molar refractivity (Wildman–Crippen MR) is 78.1 cm³/mol. The number of aryl methyl sites for hydroxylation is 1. The van der Waals surface area contributed by atoms with Gasteiger partial charge in [-0.25, -0.2) is 13.4 Å². The molecule has 0 unspecified atom stereocenters. The van der Waals surface area contributed by atoms with Gasteiger partial charge in [0.05, 0.1) is 17.5 Å². The second kappa shape index (κ2) is 6.19. The molecule has 0 aromatic carbocycles. The quantitative estimate of drug-likeness (QED) is 0.859. The number of nitrogens with zero attached hydrogens (tertiary/aromatic N) is 2. The zero-order valence-corrected chi connectivity index (χ0v) is 13.3. The van der Waals surface area contributed by atoms with Crippen LogP contribution in [0.1, 0.15) is 23.4 Å². The van der Waals surface area contributed by atoms with Crippen molar-refractivity contribution in [3.05, 3.63) is 16.1 Å². The Morgan fingerprint density at radius 1 is 1.60 bits per heavy atom. The third-order valence-electron chi connectivity index (χ3n) is 3.43. The minimum atomic E-state index is -3.31. The Balaban J connectivity index is 1.87. The lowest BCUT2D eigenvalue weighted by molar-refractivity contribution is -0.124. The van der Waals surface area contributed by atoms with Crippen molar-refractivity contribution in [3.63, 3.8) is 0 Å². The molecule has 2 rings (SSSR count). The van der Waals surface area contributed by atoms with Crippen LogP contribution in [0, 0.1) is 6.92 Å². The predicted octanol–water partition coefficient (Wildman–Crippen LogP) is 0.534. The van der Waals surface area contributed by atoms with Crippen LogP contribution in [0.5, 0.6) is 0 Å². The first-order valence-corrected chi connectivity index (χ1v) is 9.26. The highest BCUT2D eigenvalue weighted by Crippen LogP contribution is 2.20. The van der Waals surface area contributed by atoms with E-state index in [0.29, 0.717) is 19.5 Å². The van der Waals surface area contributed by atoms with E-state index in [1.165, 1.54) is 4.31 Å². The van der Waals surface area contributed by atoms with E-state index in [9.17, 15) is 13.2 Å². The summed E-state index contributed by atoms with van der Waals surface area (Å²) in [5.74, 6) is -0.199. The van der Waals surface area contributed by atoms with Gasteiger partial charge in [0.15, 0.2) is 0 Å². The number of sulfonamides is 1. The number of amides is 1. The fourth-order valence-electron chi connectivity index (χ4n) is 2.38. The summed E-state index contributed by atoms with van der Waals surface area (Å²) in [6.45, 7) is 2.89. The van der Waals surface area contributed by atoms with E-state index in [-0.39, 0.29) is 5.91 Å². The van der Waals surface area contributed by atoms with E-state index in [2.05, 4.69) is 10.3 Å². The van der Waals surface area contributed by atoms with Crippen molar-refractivity contribution in [2.75, 3.05) is 19.3 Å². The van der Waals surface area contributed by atoms with Crippen molar-refractivity contribution in [2.45, 2.75) is 32.2 Å². The minimum Gasteiger partial charge on any atom is -0.354 e. The zero-order valence-electron chi connectivity index (χ0n) is 11.6. The van der Waals surface area contributed by atoms with Gasteiger partial charge in [0.1, 0.15) is 6.04 Å². The fourth-order valence-corrected chi connectivity index (χ4v) is 4.29. The third kappa shape index (κ3) is 3.56. The van der Waals surface area contributed by atoms with Crippen molar-refractivity contribution >= 4 is 27.3 Å². The molecule has 112 valence electrons. The SMILES string of the molecule is Cc1ncsc1CCNC(=O)[C@@H]1CCCN1S(C)(=O)=O. The molecule has 1 aromatic heterocycles. The van der Waals surface area contributed by atoms with E-state index in [0.717, 1.165) is 29.7 Å². The maximum atomic E-state index is 12.1. The summed E-state index contributed by atoms with van der Waals surface area (Å²) in [5.41, 5.74) is 2.78. The molecule has 0 aliphatic carbocycles. The van der Waals surface area contributed by atoms with Crippen LogP contribution in [-0.4, -0.2) is 49.0 Å². The highest BCUT2D eigenvalue weighted by molar-refractivity contribution is 7.88. The molecule has 1 aromatic rings. The van der Waals surface area contributed by atoms with Gasteiger partial charge in [0.25, 0.3) is 0 Å². The van der Waals surface area contributed by atoms with Gasteiger partial charge < -0.3 is 5.32 Å². The van der Waals surface area contributed by atoms with Crippen LogP contribution in [0.25, 0.3) is 0 Å². The molecule has 1 aliphatic heterocycles. The average Bonchev–Trinajstić information content (AvgIpc) is 2.97. The van der Waals surface area contributed by atoms with Gasteiger partial charge >= 0.3 is 0 Å². The molecular weight excluding hydrogens is 298 g/mol. The lowest BCUT2D eigenvalue weighted by Gasteiger charge is -2.21. The highest BCUT2D eigenvalue weighted by Gasteiger charge is 2.36. The highest BCUT2D eigenvalue weighted by atomic mass is 32.2. The Morgan fingerprint density at radius 2 is 2.35 bits per heavy atom. The van der Waals surface area contributed by atoms with Gasteiger partial charge in [0.2, 0.25) is 15.9 Å². The van der Waals surface area contributed by atoms with Gasteiger partial charge in [-0.1, -0.05) is 0 Å². The van der Waals surface area contributed by atoms with E-state index in [4.69, 9.17) is 0 Å². The summed E-state index contributed by atoms with van der Waals surface area (Å²) in [6, 6.07) is -0.549. The molecule has 1 fully saturated rings. The topological polar surface area (TPSA) is 79.4 Å². The molecule has 0 saturated carbocycles. The molecule has 0 radical (unpaired) electrons. The summed E-state index contributed by atoms with van der Waals surface area (Å²) in [6.07, 6.45) is 3.21. The Morgan fingerprint density at radius 3 is 2.95 bits per heavy atom. The number of carbonyl (C=O) groups is 1. The second-order valence-corrected chi connectivity index (χ2v) is 7.81. The third-order valence-corrected chi connectivity index (χ3v) is 5.71. The maximum absolute atomic E-state index is 12.1. The first-order valence-electron chi connectivity index (χ1n) is 6.53. The lowest BCUT2D eigenvalue weighted by Crippen LogP contribution is -2.45. The van der Waals surface area contributed by atoms with Crippen LogP contribution in [0.2, 0.25) is 0 Å². The Kier molecular flexibility index (Phi) is 4.77. The average molecular weight is 317 g/mol. The summed E-state index contributed by atoms with van der Waals surface area (Å²) in [4.78, 5) is 17.4. The molecule has 1 atom stereocenters. The number of nitrogens with one attached hydrogen (secondary N) is 1. The van der Waals surface area contributed by atoms with Crippen LogP contribution < -0.4 is 5.32 Å². The Hall–Kier alpha value is -0.990. The number of aromatic nitrogens is 1. The molecule has 1 N–H and O–H groups in total. The molecule has 1 amide bonds. The monoisotopic (exact) mass is 317 g/mol. The maximum Gasteiger partial charge on any atom is 0.238 e. The fraction of sp³-hybridized carbons (Fsp3) is 0.667. The molecule has 0 spiro atoms. The number of carbonyl (C=O) groups excluding carboxylic acids is 1. The van der Waals surface area contributed by atoms with Crippen molar-refractivity contribution in [1.82, 2.24) is 14.6 Å². The van der Waals surface area contributed by atoms with Gasteiger partial charge in [-0.15, -0.1) is 11.3 Å². The van der Waals surface area contributed by atoms with Crippen LogP contribution >= 0.6 is 11.3 Å². The van der Waals surface area contributed by atoms with E-state index in [1.54, 1.807) is 16.8 Å². The molecule has 0 bridgehead atoms. The van der Waals surface area contributed by atoms with Crippen LogP contribution in [-0.2, 0) is 21.2 Å². The lowest BCUT2D eigenvalue weighted by atomic mass is 10.2. The van der Waals surface area contributed by atoms with E-state index < -0.39 is 16.1 Å². The molecular formula is C12H19N3O3S2. The molecule has 20 heavy (non-hydrogen) atoms. The number of hydrogen-bond donors (Lipinski definition) is 1. The van der Waals surface area contributed by atoms with Crippen molar-refractivity contribution in [3.8, 4) is 0 Å². The second-order valence-electron chi connectivity index (χ2n) is 4.93. The first kappa shape index (κ1) is 15.4. The van der Waals surface area contributed by atoms with E-state index in [1.807, 2.05) is 6.92 Å². The zero-order chi connectivity index (χ0) is 14.8. The summed E-state index contributed by atoms with van der Waals surface area (Å²) in [5, 5.41) is 2.83. The minimum absolute atomic E-state index is 0.199. The van der Waals surface area contributed by atoms with Gasteiger partial charge in [-0.3, -0.25) is 4.79 Å². The molecule has 2 heterocycles. The Labute approximate surface area is 123 Å². The normalized spacial score (nSPS) is 20.2. The molecule has 6 nitrogen and oxygen atoms in total. The van der Waals surface area contributed by atoms with Gasteiger partial charge in [0, 0.05) is 24.4 Å². The summed E-state index contributed by atoms with van der Waals surface area (Å²) in [7, 11) is -3.31. The van der Waals surface area contributed by atoms with Crippen molar-refractivity contribution in [1.29, 1.82) is 0 Å². The number of rotatable bonds is 5. The Bertz CT molecular complexity index is 583. The van der Waals surface area contributed by atoms with E-state index >= 15 is 0 Å². The van der Waals surface area contributed by atoms with Crippen LogP contribution in [0.4, 0.5) is 0 Å². The summed E-state index contributed by atoms with van der Waals surface area (Å²) < 4.78 is 24.5. The van der Waals surface area contributed by atoms with Gasteiger partial charge in [-0.05, 0) is 19.8 Å². The molecule has 1 saturated heterocycles. The molecule has 8 heteroatoms. The van der Waals surface area contributed by atoms with Crippen LogP contribution in [0.15, 0.2) is 5.51 Å². The standard InChI is InChI=1S/C12H19N3O3S2/c1-9-11(19-8-14-9)5-6-13-12(16)10-4-3-7-15(10)20(2,17)18/h8,10H,3-7H2,1-2H3,(H,13,16)/t10-/m0/s1. The summed E-state index contributed by atoms with van der Waals surface area (Å²) >= 11 is 1.57. The van der Waals surface area contributed by atoms with Crippen LogP contribution in [0.3, 0.4) is 0 Å². The van der Waals surface area contributed by atoms with Crippen molar-refractivity contribution in [2.24, 2.45) is 0 Å². The largest absolute Gasteiger partial charge is 0.354 e. The number of hydrogen-bond acceptors (Lipinski definition) is 5. The smallest absolute Gasteiger partial charge is 0.238 e. The molecule has 1 aliphatic rings. The first-order chi connectivity index (χ1) is 9.39. The van der Waals surface area contributed by atoms with Crippen molar-refractivity contribution < 1.29 is 13.2 Å². The number of thiazole rings is 1.